The summed E-state index contributed by atoms with van der Waals surface area (Å²) in [5, 5.41) is 3.50. The number of halogens is 1. The van der Waals surface area contributed by atoms with Gasteiger partial charge >= 0.3 is 0 Å². The molecule has 0 atom stereocenters. The number of nitrogens with one attached hydrogen (secondary N) is 1. The zero-order valence-corrected chi connectivity index (χ0v) is 17.7. The zero-order chi connectivity index (χ0) is 21.3. The fourth-order valence-corrected chi connectivity index (χ4v) is 3.07. The highest BCUT2D eigenvalue weighted by atomic mass is 35.5. The first kappa shape index (κ1) is 21.5. The van der Waals surface area contributed by atoms with Crippen molar-refractivity contribution < 1.29 is 19.0 Å². The Morgan fingerprint density at radius 1 is 0.867 bits per heavy atom. The molecule has 0 aliphatic rings. The Morgan fingerprint density at radius 2 is 1.63 bits per heavy atom. The van der Waals surface area contributed by atoms with Crippen LogP contribution in [-0.2, 0) is 6.61 Å². The highest BCUT2D eigenvalue weighted by molar-refractivity contribution is 6.30. The Hall–Kier alpha value is -3.18. The van der Waals surface area contributed by atoms with E-state index in [0.29, 0.717) is 46.7 Å². The van der Waals surface area contributed by atoms with Crippen molar-refractivity contribution in [2.75, 3.05) is 18.5 Å². The Morgan fingerprint density at radius 3 is 2.40 bits per heavy atom. The van der Waals surface area contributed by atoms with Gasteiger partial charge in [0, 0.05) is 16.1 Å². The average Bonchev–Trinajstić information content (AvgIpc) is 2.75. The van der Waals surface area contributed by atoms with Gasteiger partial charge in [-0.25, -0.2) is 0 Å². The van der Waals surface area contributed by atoms with Gasteiger partial charge in [0.15, 0.2) is 0 Å². The number of hydrogen-bond acceptors (Lipinski definition) is 4. The topological polar surface area (TPSA) is 56.8 Å². The lowest BCUT2D eigenvalue weighted by molar-refractivity contribution is 0.102. The molecule has 0 aliphatic heterocycles. The summed E-state index contributed by atoms with van der Waals surface area (Å²) >= 11 is 6.02. The number of carbonyl (C=O) groups excluding carboxylic acids is 1. The van der Waals surface area contributed by atoms with Crippen LogP contribution in [0.4, 0.5) is 5.69 Å². The smallest absolute Gasteiger partial charge is 0.255 e. The zero-order valence-electron chi connectivity index (χ0n) is 17.0. The van der Waals surface area contributed by atoms with Crippen LogP contribution in [0.25, 0.3) is 0 Å². The third kappa shape index (κ3) is 5.67. The van der Waals surface area contributed by atoms with E-state index < -0.39 is 0 Å². The fourth-order valence-electron chi connectivity index (χ4n) is 2.89. The summed E-state index contributed by atoms with van der Waals surface area (Å²) in [5.74, 6) is 1.70. The lowest BCUT2D eigenvalue weighted by atomic mass is 10.1. The average molecular weight is 426 g/mol. The van der Waals surface area contributed by atoms with Crippen molar-refractivity contribution in [3.63, 3.8) is 0 Å². The van der Waals surface area contributed by atoms with Crippen molar-refractivity contribution in [1.82, 2.24) is 0 Å². The van der Waals surface area contributed by atoms with Crippen LogP contribution in [0.1, 0.15) is 29.8 Å². The van der Waals surface area contributed by atoms with Gasteiger partial charge < -0.3 is 19.5 Å². The van der Waals surface area contributed by atoms with E-state index in [1.54, 1.807) is 36.4 Å². The number of carbonyl (C=O) groups is 1. The quantitative estimate of drug-likeness (QED) is 0.459. The van der Waals surface area contributed by atoms with Gasteiger partial charge in [0.25, 0.3) is 5.91 Å². The number of rotatable bonds is 9. The van der Waals surface area contributed by atoms with Crippen molar-refractivity contribution in [1.29, 1.82) is 0 Å². The molecule has 0 heterocycles. The molecule has 3 rings (SSSR count). The van der Waals surface area contributed by atoms with Gasteiger partial charge in [0.1, 0.15) is 23.9 Å². The molecule has 1 N–H and O–H groups in total. The van der Waals surface area contributed by atoms with Crippen LogP contribution in [0, 0.1) is 0 Å². The van der Waals surface area contributed by atoms with Crippen molar-refractivity contribution in [2.45, 2.75) is 20.5 Å². The van der Waals surface area contributed by atoms with E-state index in [9.17, 15) is 4.79 Å². The van der Waals surface area contributed by atoms with Gasteiger partial charge in [0.05, 0.1) is 18.9 Å². The SMILES string of the molecule is CCOc1ccc(C(=O)Nc2ccccc2OCC)cc1COc1cccc(Cl)c1. The molecule has 6 heteroatoms. The molecule has 0 spiro atoms. The number of benzene rings is 3. The highest BCUT2D eigenvalue weighted by Crippen LogP contribution is 2.27. The maximum atomic E-state index is 12.8. The first-order valence-electron chi connectivity index (χ1n) is 9.78. The van der Waals surface area contributed by atoms with Crippen molar-refractivity contribution in [3.8, 4) is 17.2 Å². The number of anilines is 1. The van der Waals surface area contributed by atoms with Gasteiger partial charge in [-0.2, -0.15) is 0 Å². The number of amides is 1. The van der Waals surface area contributed by atoms with E-state index in [-0.39, 0.29) is 12.5 Å². The molecule has 5 nitrogen and oxygen atoms in total. The second-order valence-electron chi connectivity index (χ2n) is 6.38. The maximum absolute atomic E-state index is 12.8. The Kier molecular flexibility index (Phi) is 7.57. The first-order chi connectivity index (χ1) is 14.6. The monoisotopic (exact) mass is 425 g/mol. The Bertz CT molecular complexity index is 1010. The number of hydrogen-bond donors (Lipinski definition) is 1. The van der Waals surface area contributed by atoms with Crippen LogP contribution in [0.15, 0.2) is 66.7 Å². The van der Waals surface area contributed by atoms with Crippen molar-refractivity contribution >= 4 is 23.2 Å². The van der Waals surface area contributed by atoms with Crippen molar-refractivity contribution in [3.05, 3.63) is 82.9 Å². The number of ether oxygens (including phenoxy) is 3. The van der Waals surface area contributed by atoms with Crippen LogP contribution < -0.4 is 19.5 Å². The van der Waals surface area contributed by atoms with Crippen LogP contribution in [0.5, 0.6) is 17.2 Å². The largest absolute Gasteiger partial charge is 0.493 e. The van der Waals surface area contributed by atoms with Crippen LogP contribution in [0.3, 0.4) is 0 Å². The van der Waals surface area contributed by atoms with E-state index >= 15 is 0 Å². The van der Waals surface area contributed by atoms with E-state index in [4.69, 9.17) is 25.8 Å². The summed E-state index contributed by atoms with van der Waals surface area (Å²) < 4.78 is 17.1. The van der Waals surface area contributed by atoms with Gasteiger partial charge in [-0.3, -0.25) is 4.79 Å². The van der Waals surface area contributed by atoms with Crippen LogP contribution in [0.2, 0.25) is 5.02 Å². The second-order valence-corrected chi connectivity index (χ2v) is 6.82. The number of para-hydroxylation sites is 2. The maximum Gasteiger partial charge on any atom is 0.255 e. The highest BCUT2D eigenvalue weighted by Gasteiger charge is 2.13. The molecule has 0 bridgehead atoms. The molecule has 0 saturated carbocycles. The van der Waals surface area contributed by atoms with Crippen LogP contribution >= 0.6 is 11.6 Å². The standard InChI is InChI=1S/C24H24ClNO4/c1-3-28-22-13-12-17(14-18(22)16-30-20-9-7-8-19(25)15-20)24(27)26-21-10-5-6-11-23(21)29-4-2/h5-15H,3-4,16H2,1-2H3,(H,26,27). The lowest BCUT2D eigenvalue weighted by Gasteiger charge is -2.14. The minimum Gasteiger partial charge on any atom is -0.493 e. The molecular formula is C24H24ClNO4. The van der Waals surface area contributed by atoms with Gasteiger partial charge in [0.2, 0.25) is 0 Å². The fraction of sp³-hybridized carbons (Fsp3) is 0.208. The molecule has 3 aromatic rings. The second kappa shape index (κ2) is 10.6. The summed E-state index contributed by atoms with van der Waals surface area (Å²) in [7, 11) is 0. The third-order valence-corrected chi connectivity index (χ3v) is 4.48. The molecule has 0 fully saturated rings. The summed E-state index contributed by atoms with van der Waals surface area (Å²) in [6.07, 6.45) is 0. The Balaban J connectivity index is 1.80. The molecule has 1 amide bonds. The lowest BCUT2D eigenvalue weighted by Crippen LogP contribution is -2.14. The van der Waals surface area contributed by atoms with Gasteiger partial charge in [-0.15, -0.1) is 0 Å². The summed E-state index contributed by atoms with van der Waals surface area (Å²) in [4.78, 5) is 12.8. The molecule has 3 aromatic carbocycles. The molecular weight excluding hydrogens is 402 g/mol. The normalized spacial score (nSPS) is 10.4. The Labute approximate surface area is 181 Å². The molecule has 0 saturated heterocycles. The minimum atomic E-state index is -0.241. The predicted molar refractivity (Wildman–Crippen MR) is 119 cm³/mol. The van der Waals surface area contributed by atoms with Crippen molar-refractivity contribution in [2.24, 2.45) is 0 Å². The summed E-state index contributed by atoms with van der Waals surface area (Å²) in [5.41, 5.74) is 1.88. The van der Waals surface area contributed by atoms with E-state index in [2.05, 4.69) is 5.32 Å². The first-order valence-corrected chi connectivity index (χ1v) is 10.2. The summed E-state index contributed by atoms with van der Waals surface area (Å²) in [6, 6.07) is 19.8. The molecule has 0 aromatic heterocycles. The third-order valence-electron chi connectivity index (χ3n) is 4.25. The van der Waals surface area contributed by atoms with E-state index in [0.717, 1.165) is 5.56 Å². The molecule has 0 unspecified atom stereocenters. The van der Waals surface area contributed by atoms with E-state index in [1.165, 1.54) is 0 Å². The van der Waals surface area contributed by atoms with Gasteiger partial charge in [-0.1, -0.05) is 29.8 Å². The minimum absolute atomic E-state index is 0.241. The summed E-state index contributed by atoms with van der Waals surface area (Å²) in [6.45, 7) is 5.08. The molecule has 0 aliphatic carbocycles. The van der Waals surface area contributed by atoms with Crippen LogP contribution in [-0.4, -0.2) is 19.1 Å². The van der Waals surface area contributed by atoms with Gasteiger partial charge in [-0.05, 0) is 62.4 Å². The predicted octanol–water partition coefficient (Wildman–Crippen LogP) is 5.97. The van der Waals surface area contributed by atoms with E-state index in [1.807, 2.05) is 44.2 Å². The molecule has 30 heavy (non-hydrogen) atoms. The molecule has 0 radical (unpaired) electrons. The molecule has 156 valence electrons.